The van der Waals surface area contributed by atoms with Crippen LogP contribution >= 0.6 is 11.6 Å². The Morgan fingerprint density at radius 3 is 2.45 bits per heavy atom. The zero-order valence-electron chi connectivity index (χ0n) is 12.5. The average molecular weight is 318 g/mol. The van der Waals surface area contributed by atoms with Gasteiger partial charge in [0.1, 0.15) is 11.6 Å². The molecule has 0 saturated carbocycles. The zero-order chi connectivity index (χ0) is 15.8. The standard InChI is InChI=1S/C17H20ClN3O/c18-16-7-5-14(6-8-16)12-20-17(22)15(11-19)13-21-9-3-1-2-4-10-21/h5-8,13H,1-4,9-10,12H2,(H,20,22)/b15-13-. The molecule has 1 aromatic rings. The van der Waals surface area contributed by atoms with Crippen molar-refractivity contribution >= 4 is 17.5 Å². The smallest absolute Gasteiger partial charge is 0.263 e. The van der Waals surface area contributed by atoms with E-state index in [0.717, 1.165) is 31.5 Å². The average Bonchev–Trinajstić information content (AvgIpc) is 2.80. The van der Waals surface area contributed by atoms with Gasteiger partial charge in [0.25, 0.3) is 5.91 Å². The van der Waals surface area contributed by atoms with Crippen LogP contribution in [0.5, 0.6) is 0 Å². The second-order valence-electron chi connectivity index (χ2n) is 5.41. The Balaban J connectivity index is 1.93. The number of amides is 1. The molecule has 0 aromatic heterocycles. The van der Waals surface area contributed by atoms with E-state index in [4.69, 9.17) is 11.6 Å². The van der Waals surface area contributed by atoms with Crippen LogP contribution in [-0.2, 0) is 11.3 Å². The molecular formula is C17H20ClN3O. The Labute approximate surface area is 136 Å². The summed E-state index contributed by atoms with van der Waals surface area (Å²) in [5.74, 6) is -0.332. The minimum absolute atomic E-state index is 0.163. The van der Waals surface area contributed by atoms with Gasteiger partial charge in [-0.15, -0.1) is 0 Å². The van der Waals surface area contributed by atoms with Crippen molar-refractivity contribution in [3.63, 3.8) is 0 Å². The molecule has 0 spiro atoms. The fourth-order valence-corrected chi connectivity index (χ4v) is 2.55. The maximum absolute atomic E-state index is 12.1. The van der Waals surface area contributed by atoms with Crippen molar-refractivity contribution < 1.29 is 4.79 Å². The minimum Gasteiger partial charge on any atom is -0.376 e. The van der Waals surface area contributed by atoms with Crippen molar-refractivity contribution in [2.75, 3.05) is 13.1 Å². The van der Waals surface area contributed by atoms with Gasteiger partial charge in [0.2, 0.25) is 0 Å². The van der Waals surface area contributed by atoms with Crippen LogP contribution in [0.15, 0.2) is 36.0 Å². The number of hydrogen-bond acceptors (Lipinski definition) is 3. The normalized spacial score (nSPS) is 15.8. The van der Waals surface area contributed by atoms with E-state index in [-0.39, 0.29) is 11.5 Å². The molecule has 0 unspecified atom stereocenters. The number of hydrogen-bond donors (Lipinski definition) is 1. The molecule has 22 heavy (non-hydrogen) atoms. The van der Waals surface area contributed by atoms with Gasteiger partial charge < -0.3 is 10.2 Å². The Morgan fingerprint density at radius 2 is 1.86 bits per heavy atom. The molecule has 1 heterocycles. The first-order valence-corrected chi connectivity index (χ1v) is 7.95. The third-order valence-corrected chi connectivity index (χ3v) is 3.94. The molecule has 116 valence electrons. The molecule has 0 aliphatic carbocycles. The summed E-state index contributed by atoms with van der Waals surface area (Å²) in [5, 5.41) is 12.6. The summed E-state index contributed by atoms with van der Waals surface area (Å²) in [6, 6.07) is 9.27. The molecule has 1 aliphatic heterocycles. The zero-order valence-corrected chi connectivity index (χ0v) is 13.3. The van der Waals surface area contributed by atoms with Crippen LogP contribution in [0, 0.1) is 11.3 Å². The van der Waals surface area contributed by atoms with Crippen LogP contribution < -0.4 is 5.32 Å². The molecule has 2 rings (SSSR count). The van der Waals surface area contributed by atoms with Crippen LogP contribution in [0.3, 0.4) is 0 Å². The number of nitriles is 1. The summed E-state index contributed by atoms with van der Waals surface area (Å²) >= 11 is 5.82. The minimum atomic E-state index is -0.332. The summed E-state index contributed by atoms with van der Waals surface area (Å²) < 4.78 is 0. The van der Waals surface area contributed by atoms with Gasteiger partial charge in [-0.05, 0) is 30.5 Å². The lowest BCUT2D eigenvalue weighted by atomic mass is 10.2. The van der Waals surface area contributed by atoms with Crippen LogP contribution in [0.25, 0.3) is 0 Å². The maximum Gasteiger partial charge on any atom is 0.263 e. The molecule has 1 aromatic carbocycles. The molecule has 0 bridgehead atoms. The number of carbonyl (C=O) groups excluding carboxylic acids is 1. The lowest BCUT2D eigenvalue weighted by Crippen LogP contribution is -2.27. The van der Waals surface area contributed by atoms with E-state index < -0.39 is 0 Å². The summed E-state index contributed by atoms with van der Waals surface area (Å²) in [7, 11) is 0. The molecule has 0 radical (unpaired) electrons. The number of benzene rings is 1. The largest absolute Gasteiger partial charge is 0.376 e. The Bertz CT molecular complexity index is 567. The van der Waals surface area contributed by atoms with Gasteiger partial charge >= 0.3 is 0 Å². The maximum atomic E-state index is 12.1. The van der Waals surface area contributed by atoms with E-state index in [1.165, 1.54) is 12.8 Å². The van der Waals surface area contributed by atoms with Gasteiger partial charge in [0, 0.05) is 30.9 Å². The molecular weight excluding hydrogens is 298 g/mol. The molecule has 1 N–H and O–H groups in total. The highest BCUT2D eigenvalue weighted by atomic mass is 35.5. The van der Waals surface area contributed by atoms with E-state index in [1.807, 2.05) is 18.2 Å². The van der Waals surface area contributed by atoms with Crippen molar-refractivity contribution in [1.82, 2.24) is 10.2 Å². The highest BCUT2D eigenvalue weighted by Gasteiger charge is 2.12. The van der Waals surface area contributed by atoms with E-state index in [1.54, 1.807) is 18.3 Å². The fourth-order valence-electron chi connectivity index (χ4n) is 2.42. The third kappa shape index (κ3) is 5.09. The SMILES string of the molecule is N#C/C(=C/N1CCCCCC1)C(=O)NCc1ccc(Cl)cc1. The van der Waals surface area contributed by atoms with Crippen molar-refractivity contribution in [2.24, 2.45) is 0 Å². The first-order chi connectivity index (χ1) is 10.7. The number of nitrogens with zero attached hydrogens (tertiary/aromatic N) is 2. The topological polar surface area (TPSA) is 56.1 Å². The van der Waals surface area contributed by atoms with E-state index >= 15 is 0 Å². The fraction of sp³-hybridized carbons (Fsp3) is 0.412. The van der Waals surface area contributed by atoms with Gasteiger partial charge in [-0.25, -0.2) is 0 Å². The van der Waals surface area contributed by atoms with E-state index in [0.29, 0.717) is 11.6 Å². The number of nitrogens with one attached hydrogen (secondary N) is 1. The second kappa shape index (κ2) is 8.45. The van der Waals surface area contributed by atoms with Gasteiger partial charge in [-0.2, -0.15) is 5.26 Å². The number of likely N-dealkylation sites (tertiary alicyclic amines) is 1. The third-order valence-electron chi connectivity index (χ3n) is 3.68. The summed E-state index contributed by atoms with van der Waals surface area (Å²) in [6.07, 6.45) is 6.36. The van der Waals surface area contributed by atoms with Crippen molar-refractivity contribution in [2.45, 2.75) is 32.2 Å². The Hall–Kier alpha value is -1.99. The number of rotatable bonds is 4. The van der Waals surface area contributed by atoms with Crippen molar-refractivity contribution in [3.8, 4) is 6.07 Å². The van der Waals surface area contributed by atoms with Gasteiger partial charge in [0.15, 0.2) is 0 Å². The van der Waals surface area contributed by atoms with Crippen LogP contribution in [-0.4, -0.2) is 23.9 Å². The highest BCUT2D eigenvalue weighted by Crippen LogP contribution is 2.12. The molecule has 1 amide bonds. The predicted molar refractivity (Wildman–Crippen MR) is 87.0 cm³/mol. The second-order valence-corrected chi connectivity index (χ2v) is 5.85. The van der Waals surface area contributed by atoms with Gasteiger partial charge in [0.05, 0.1) is 0 Å². The lowest BCUT2D eigenvalue weighted by molar-refractivity contribution is -0.117. The van der Waals surface area contributed by atoms with Crippen molar-refractivity contribution in [3.05, 3.63) is 46.6 Å². The van der Waals surface area contributed by atoms with Gasteiger partial charge in [-0.1, -0.05) is 36.6 Å². The van der Waals surface area contributed by atoms with Crippen LogP contribution in [0.2, 0.25) is 5.02 Å². The molecule has 1 aliphatic rings. The first kappa shape index (κ1) is 16.4. The Morgan fingerprint density at radius 1 is 1.23 bits per heavy atom. The number of halogens is 1. The predicted octanol–water partition coefficient (Wildman–Crippen LogP) is 3.24. The van der Waals surface area contributed by atoms with Crippen LogP contribution in [0.1, 0.15) is 31.2 Å². The molecule has 1 saturated heterocycles. The lowest BCUT2D eigenvalue weighted by Gasteiger charge is -2.17. The molecule has 5 heteroatoms. The van der Waals surface area contributed by atoms with Crippen LogP contribution in [0.4, 0.5) is 0 Å². The molecule has 4 nitrogen and oxygen atoms in total. The van der Waals surface area contributed by atoms with E-state index in [2.05, 4.69) is 10.2 Å². The van der Waals surface area contributed by atoms with Crippen molar-refractivity contribution in [1.29, 1.82) is 5.26 Å². The molecule has 1 fully saturated rings. The summed E-state index contributed by atoms with van der Waals surface area (Å²) in [4.78, 5) is 14.2. The monoisotopic (exact) mass is 317 g/mol. The van der Waals surface area contributed by atoms with Gasteiger partial charge in [-0.3, -0.25) is 4.79 Å². The summed E-state index contributed by atoms with van der Waals surface area (Å²) in [5.41, 5.74) is 1.11. The quantitative estimate of drug-likeness (QED) is 0.685. The first-order valence-electron chi connectivity index (χ1n) is 7.57. The summed E-state index contributed by atoms with van der Waals surface area (Å²) in [6.45, 7) is 2.21. The number of carbonyl (C=O) groups is 1. The van der Waals surface area contributed by atoms with E-state index in [9.17, 15) is 10.1 Å². The molecule has 0 atom stereocenters. The highest BCUT2D eigenvalue weighted by molar-refractivity contribution is 6.30. The Kier molecular flexibility index (Phi) is 6.29.